The van der Waals surface area contributed by atoms with Gasteiger partial charge in [-0.2, -0.15) is 4.98 Å². The minimum Gasteiger partial charge on any atom is -0.495 e. The second-order valence-electron chi connectivity index (χ2n) is 7.89. The molecule has 0 amide bonds. The molecule has 29 heavy (non-hydrogen) atoms. The number of ether oxygens (including phenoxy) is 1. The van der Waals surface area contributed by atoms with Gasteiger partial charge in [-0.3, -0.25) is 13.9 Å². The summed E-state index contributed by atoms with van der Waals surface area (Å²) in [5.41, 5.74) is 1.24. The molecule has 1 aliphatic rings. The Kier molecular flexibility index (Phi) is 4.94. The van der Waals surface area contributed by atoms with Crippen LogP contribution in [-0.2, 0) is 20.1 Å². The van der Waals surface area contributed by atoms with Gasteiger partial charge in [-0.1, -0.05) is 26.0 Å². The van der Waals surface area contributed by atoms with E-state index >= 15 is 0 Å². The molecule has 0 N–H and O–H groups in total. The third-order valence-corrected chi connectivity index (χ3v) is 5.52. The van der Waals surface area contributed by atoms with E-state index in [1.807, 2.05) is 28.8 Å². The van der Waals surface area contributed by atoms with Crippen LogP contribution in [0, 0.1) is 5.92 Å². The molecule has 3 heterocycles. The molecule has 0 aliphatic carbocycles. The number of aryl methyl sites for hydroxylation is 2. The van der Waals surface area contributed by atoms with Crippen LogP contribution in [0.15, 0.2) is 33.9 Å². The van der Waals surface area contributed by atoms with Gasteiger partial charge in [0.1, 0.15) is 5.75 Å². The smallest absolute Gasteiger partial charge is 0.332 e. The third-order valence-electron chi connectivity index (χ3n) is 5.52. The highest BCUT2D eigenvalue weighted by molar-refractivity contribution is 5.78. The molecule has 0 radical (unpaired) electrons. The molecule has 8 nitrogen and oxygen atoms in total. The lowest BCUT2D eigenvalue weighted by molar-refractivity contribution is 0.414. The monoisotopic (exact) mass is 397 g/mol. The van der Waals surface area contributed by atoms with E-state index in [0.29, 0.717) is 36.1 Å². The Morgan fingerprint density at radius 2 is 1.93 bits per heavy atom. The van der Waals surface area contributed by atoms with E-state index in [9.17, 15) is 9.59 Å². The molecule has 0 saturated heterocycles. The van der Waals surface area contributed by atoms with Crippen molar-refractivity contribution in [1.82, 2.24) is 18.7 Å². The van der Waals surface area contributed by atoms with Crippen LogP contribution in [0.25, 0.3) is 11.2 Å². The van der Waals surface area contributed by atoms with Gasteiger partial charge < -0.3 is 14.2 Å². The van der Waals surface area contributed by atoms with Crippen molar-refractivity contribution in [1.29, 1.82) is 0 Å². The summed E-state index contributed by atoms with van der Waals surface area (Å²) < 4.78 is 10.3. The Bertz CT molecular complexity index is 1170. The van der Waals surface area contributed by atoms with Crippen LogP contribution >= 0.6 is 0 Å². The summed E-state index contributed by atoms with van der Waals surface area (Å²) in [6, 6.07) is 7.76. The predicted molar refractivity (Wildman–Crippen MR) is 113 cm³/mol. The summed E-state index contributed by atoms with van der Waals surface area (Å²) in [7, 11) is 3.32. The number of nitrogens with zero attached hydrogens (tertiary/aromatic N) is 5. The normalized spacial score (nSPS) is 13.9. The number of rotatable bonds is 5. The zero-order valence-electron chi connectivity index (χ0n) is 17.4. The number of benzene rings is 1. The molecule has 154 valence electrons. The summed E-state index contributed by atoms with van der Waals surface area (Å²) in [5.74, 6) is 1.82. The molecular formula is C21H27N5O3. The SMILES string of the molecule is COc1ccccc1N1CCCn2c1nc1c2c(=O)n(CCC(C)C)c(=O)n1C. The number of hydrogen-bond acceptors (Lipinski definition) is 5. The highest BCUT2D eigenvalue weighted by Crippen LogP contribution is 2.36. The van der Waals surface area contributed by atoms with Crippen LogP contribution in [0.2, 0.25) is 0 Å². The van der Waals surface area contributed by atoms with Crippen molar-refractivity contribution < 1.29 is 4.74 Å². The third kappa shape index (κ3) is 3.12. The van der Waals surface area contributed by atoms with Gasteiger partial charge >= 0.3 is 5.69 Å². The first-order valence-corrected chi connectivity index (χ1v) is 10.0. The van der Waals surface area contributed by atoms with Gasteiger partial charge in [0.05, 0.1) is 12.8 Å². The summed E-state index contributed by atoms with van der Waals surface area (Å²) in [6.45, 7) is 6.03. The summed E-state index contributed by atoms with van der Waals surface area (Å²) in [4.78, 5) is 32.9. The maximum absolute atomic E-state index is 13.3. The van der Waals surface area contributed by atoms with Crippen molar-refractivity contribution in [2.45, 2.75) is 39.8 Å². The van der Waals surface area contributed by atoms with Crippen LogP contribution in [0.4, 0.5) is 11.6 Å². The van der Waals surface area contributed by atoms with E-state index < -0.39 is 0 Å². The average Bonchev–Trinajstić information content (AvgIpc) is 3.12. The molecule has 2 aromatic heterocycles. The van der Waals surface area contributed by atoms with Gasteiger partial charge in [0.2, 0.25) is 5.95 Å². The van der Waals surface area contributed by atoms with E-state index in [0.717, 1.165) is 30.8 Å². The standard InChI is InChI=1S/C21H27N5O3/c1-14(2)10-13-26-19(27)17-18(23(3)21(26)28)22-20-24(11-7-12-25(17)20)15-8-5-6-9-16(15)29-4/h5-6,8-9,14H,7,10-13H2,1-4H3. The lowest BCUT2D eigenvalue weighted by Gasteiger charge is -2.30. The van der Waals surface area contributed by atoms with Gasteiger partial charge in [-0.15, -0.1) is 0 Å². The first-order chi connectivity index (χ1) is 13.9. The van der Waals surface area contributed by atoms with Crippen molar-refractivity contribution in [2.24, 2.45) is 13.0 Å². The van der Waals surface area contributed by atoms with Crippen molar-refractivity contribution in [2.75, 3.05) is 18.6 Å². The Balaban J connectivity index is 1.93. The van der Waals surface area contributed by atoms with Gasteiger partial charge in [0.15, 0.2) is 11.2 Å². The highest BCUT2D eigenvalue weighted by atomic mass is 16.5. The first kappa shape index (κ1) is 19.3. The topological polar surface area (TPSA) is 74.3 Å². The molecule has 0 atom stereocenters. The number of anilines is 2. The second-order valence-corrected chi connectivity index (χ2v) is 7.89. The maximum Gasteiger partial charge on any atom is 0.332 e. The van der Waals surface area contributed by atoms with E-state index in [1.54, 1.807) is 14.2 Å². The molecule has 4 rings (SSSR count). The number of fused-ring (bicyclic) bond motifs is 3. The Hall–Kier alpha value is -3.03. The van der Waals surface area contributed by atoms with Gasteiger partial charge in [0.25, 0.3) is 5.56 Å². The zero-order valence-corrected chi connectivity index (χ0v) is 17.4. The van der Waals surface area contributed by atoms with Crippen molar-refractivity contribution in [3.05, 3.63) is 45.1 Å². The van der Waals surface area contributed by atoms with E-state index in [4.69, 9.17) is 9.72 Å². The van der Waals surface area contributed by atoms with E-state index in [2.05, 4.69) is 18.7 Å². The highest BCUT2D eigenvalue weighted by Gasteiger charge is 2.28. The number of hydrogen-bond donors (Lipinski definition) is 0. The lowest BCUT2D eigenvalue weighted by atomic mass is 10.1. The first-order valence-electron chi connectivity index (χ1n) is 10.0. The molecule has 8 heteroatoms. The van der Waals surface area contributed by atoms with Crippen LogP contribution in [0.5, 0.6) is 5.75 Å². The zero-order chi connectivity index (χ0) is 20.7. The quantitative estimate of drug-likeness (QED) is 0.661. The summed E-state index contributed by atoms with van der Waals surface area (Å²) >= 11 is 0. The maximum atomic E-state index is 13.3. The Morgan fingerprint density at radius 3 is 2.66 bits per heavy atom. The van der Waals surface area contributed by atoms with Crippen LogP contribution < -0.4 is 20.9 Å². The Labute approximate surface area is 169 Å². The second kappa shape index (κ2) is 7.42. The number of methoxy groups -OCH3 is 1. The van der Waals surface area contributed by atoms with Crippen LogP contribution in [0.3, 0.4) is 0 Å². The fourth-order valence-electron chi connectivity index (χ4n) is 3.93. The molecule has 0 spiro atoms. The molecular weight excluding hydrogens is 370 g/mol. The van der Waals surface area contributed by atoms with Crippen molar-refractivity contribution in [3.63, 3.8) is 0 Å². The van der Waals surface area contributed by atoms with Gasteiger partial charge in [-0.25, -0.2) is 4.79 Å². The fraction of sp³-hybridized carbons (Fsp3) is 0.476. The molecule has 0 saturated carbocycles. The van der Waals surface area contributed by atoms with Crippen LogP contribution in [-0.4, -0.2) is 32.3 Å². The number of para-hydroxylation sites is 2. The average molecular weight is 397 g/mol. The summed E-state index contributed by atoms with van der Waals surface area (Å²) in [5, 5.41) is 0. The number of aromatic nitrogens is 4. The minimum absolute atomic E-state index is 0.260. The largest absolute Gasteiger partial charge is 0.495 e. The summed E-state index contributed by atoms with van der Waals surface area (Å²) in [6.07, 6.45) is 1.64. The molecule has 1 aromatic carbocycles. The Morgan fingerprint density at radius 1 is 1.17 bits per heavy atom. The van der Waals surface area contributed by atoms with Gasteiger partial charge in [-0.05, 0) is 30.9 Å². The van der Waals surface area contributed by atoms with E-state index in [-0.39, 0.29) is 11.2 Å². The molecule has 0 unspecified atom stereocenters. The predicted octanol–water partition coefficient (Wildman–Crippen LogP) is 2.49. The van der Waals surface area contributed by atoms with E-state index in [1.165, 1.54) is 9.13 Å². The minimum atomic E-state index is -0.317. The number of imidazole rings is 1. The molecule has 1 aliphatic heterocycles. The molecule has 0 fully saturated rings. The van der Waals surface area contributed by atoms with Gasteiger partial charge in [0, 0.05) is 26.7 Å². The van der Waals surface area contributed by atoms with Crippen molar-refractivity contribution >= 4 is 22.8 Å². The fourth-order valence-corrected chi connectivity index (χ4v) is 3.93. The van der Waals surface area contributed by atoms with Crippen molar-refractivity contribution in [3.8, 4) is 5.75 Å². The molecule has 3 aromatic rings. The lowest BCUT2D eigenvalue weighted by Crippen LogP contribution is -2.40. The molecule has 0 bridgehead atoms. The van der Waals surface area contributed by atoms with Crippen LogP contribution in [0.1, 0.15) is 26.7 Å².